The highest BCUT2D eigenvalue weighted by atomic mass is 16.5. The molecular weight excluding hydrogens is 336 g/mol. The Balaban J connectivity index is 1.21. The van der Waals surface area contributed by atoms with Gasteiger partial charge in [0.1, 0.15) is 0 Å². The van der Waals surface area contributed by atoms with Gasteiger partial charge in [-0.1, -0.05) is 0 Å². The zero-order valence-corrected chi connectivity index (χ0v) is 15.1. The minimum Gasteiger partial charge on any atom is -0.381 e. The summed E-state index contributed by atoms with van der Waals surface area (Å²) in [7, 11) is 0. The maximum absolute atomic E-state index is 13.0. The lowest BCUT2D eigenvalue weighted by molar-refractivity contribution is -0.135. The van der Waals surface area contributed by atoms with Crippen LogP contribution >= 0.6 is 0 Å². The van der Waals surface area contributed by atoms with Gasteiger partial charge < -0.3 is 24.4 Å². The summed E-state index contributed by atoms with van der Waals surface area (Å²) in [5.41, 5.74) is 0. The lowest BCUT2D eigenvalue weighted by Crippen LogP contribution is -2.41. The van der Waals surface area contributed by atoms with Gasteiger partial charge in [0.15, 0.2) is 0 Å². The van der Waals surface area contributed by atoms with E-state index in [-0.39, 0.29) is 35.8 Å². The second kappa shape index (κ2) is 6.77. The second-order valence-electron chi connectivity index (χ2n) is 8.48. The zero-order valence-electron chi connectivity index (χ0n) is 15.1. The van der Waals surface area contributed by atoms with Crippen molar-refractivity contribution in [3.8, 4) is 0 Å². The highest BCUT2D eigenvalue weighted by molar-refractivity contribution is 5.86. The quantitative estimate of drug-likeness (QED) is 0.762. The fourth-order valence-corrected chi connectivity index (χ4v) is 5.38. The van der Waals surface area contributed by atoms with E-state index in [9.17, 15) is 9.59 Å². The van der Waals surface area contributed by atoms with Gasteiger partial charge in [-0.15, -0.1) is 0 Å². The number of amides is 2. The lowest BCUT2D eigenvalue weighted by atomic mass is 9.98. The molecule has 1 aliphatic carbocycles. The predicted octanol–water partition coefficient (Wildman–Crippen LogP) is 0.0375. The molecular formula is C19H28N2O5. The van der Waals surface area contributed by atoms with E-state index in [0.717, 1.165) is 32.5 Å². The molecule has 2 amide bonds. The summed E-state index contributed by atoms with van der Waals surface area (Å²) in [5, 5.41) is 3.12. The number of fused-ring (bicyclic) bond motifs is 2. The Morgan fingerprint density at radius 1 is 1.00 bits per heavy atom. The van der Waals surface area contributed by atoms with Crippen LogP contribution < -0.4 is 5.32 Å². The number of nitrogens with one attached hydrogen (secondary N) is 1. The van der Waals surface area contributed by atoms with Crippen molar-refractivity contribution in [2.24, 2.45) is 29.6 Å². The number of hydrogen-bond donors (Lipinski definition) is 1. The van der Waals surface area contributed by atoms with Crippen LogP contribution in [0, 0.1) is 29.6 Å². The molecule has 7 nitrogen and oxygen atoms in total. The molecule has 5 rings (SSSR count). The average Bonchev–Trinajstić information content (AvgIpc) is 3.10. The number of hydrogen-bond acceptors (Lipinski definition) is 5. The second-order valence-corrected chi connectivity index (χ2v) is 8.48. The van der Waals surface area contributed by atoms with E-state index in [1.807, 2.05) is 4.90 Å². The summed E-state index contributed by atoms with van der Waals surface area (Å²) in [6, 6.07) is 0.0728. The third-order valence-corrected chi connectivity index (χ3v) is 7.06. The summed E-state index contributed by atoms with van der Waals surface area (Å²) < 4.78 is 16.7. The average molecular weight is 364 g/mol. The Bertz CT molecular complexity index is 568. The number of ether oxygens (including phenoxy) is 3. The van der Waals surface area contributed by atoms with E-state index in [1.165, 1.54) is 0 Å². The highest BCUT2D eigenvalue weighted by Gasteiger charge is 2.61. The van der Waals surface area contributed by atoms with Crippen molar-refractivity contribution in [1.82, 2.24) is 10.2 Å². The number of carbonyl (C=O) groups excluding carboxylic acids is 2. The van der Waals surface area contributed by atoms with Crippen molar-refractivity contribution in [1.29, 1.82) is 0 Å². The third-order valence-electron chi connectivity index (χ3n) is 7.06. The van der Waals surface area contributed by atoms with Gasteiger partial charge in [0.05, 0.1) is 31.3 Å². The maximum atomic E-state index is 13.0. The molecule has 0 aromatic carbocycles. The maximum Gasteiger partial charge on any atom is 0.227 e. The van der Waals surface area contributed by atoms with E-state index in [2.05, 4.69) is 5.32 Å². The van der Waals surface area contributed by atoms with Crippen LogP contribution in [0.25, 0.3) is 0 Å². The minimum atomic E-state index is -0.235. The monoisotopic (exact) mass is 364 g/mol. The molecule has 26 heavy (non-hydrogen) atoms. The van der Waals surface area contributed by atoms with E-state index >= 15 is 0 Å². The van der Waals surface area contributed by atoms with Crippen LogP contribution in [0.15, 0.2) is 0 Å². The first kappa shape index (κ1) is 17.0. The van der Waals surface area contributed by atoms with Crippen molar-refractivity contribution < 1.29 is 23.8 Å². The number of nitrogens with zero attached hydrogens (tertiary/aromatic N) is 1. The number of likely N-dealkylation sites (tertiary alicyclic amines) is 1. The minimum absolute atomic E-state index is 0.0445. The summed E-state index contributed by atoms with van der Waals surface area (Å²) in [6.45, 7) is 4.85. The normalized spacial score (nSPS) is 41.8. The molecule has 0 aromatic rings. The van der Waals surface area contributed by atoms with E-state index in [1.54, 1.807) is 0 Å². The Morgan fingerprint density at radius 3 is 2.54 bits per heavy atom. The molecule has 0 bridgehead atoms. The van der Waals surface area contributed by atoms with E-state index < -0.39 is 0 Å². The van der Waals surface area contributed by atoms with Gasteiger partial charge in [0, 0.05) is 38.8 Å². The summed E-state index contributed by atoms with van der Waals surface area (Å²) in [6.07, 6.45) is 2.72. The third kappa shape index (κ3) is 2.84. The molecule has 0 spiro atoms. The van der Waals surface area contributed by atoms with Crippen LogP contribution in [-0.4, -0.2) is 75.0 Å². The molecule has 7 heteroatoms. The standard InChI is InChI=1S/C19H28N2O5/c22-18(20-7-11-1-4-24-5-2-11)12-8-21(15-3-6-26-17(12)15)19(23)16-13-9-25-10-14(13)16/h11-17H,1-10H2,(H,20,22)/t12-,13-,14+,15+,16?,17+/m0/s1. The molecule has 144 valence electrons. The van der Waals surface area contributed by atoms with Crippen LogP contribution in [0.4, 0.5) is 0 Å². The van der Waals surface area contributed by atoms with Crippen molar-refractivity contribution in [3.05, 3.63) is 0 Å². The van der Waals surface area contributed by atoms with Crippen LogP contribution in [0.2, 0.25) is 0 Å². The Hall–Kier alpha value is -1.18. The van der Waals surface area contributed by atoms with E-state index in [4.69, 9.17) is 14.2 Å². The molecule has 1 saturated carbocycles. The van der Waals surface area contributed by atoms with Crippen molar-refractivity contribution in [2.75, 3.05) is 46.1 Å². The van der Waals surface area contributed by atoms with Gasteiger partial charge in [-0.05, 0) is 37.0 Å². The Labute approximate surface area is 153 Å². The SMILES string of the molecule is O=C(NCC1CCOCC1)[C@H]1CN(C(=O)C2[C@H]3COC[C@@H]23)[C@@H]2CCO[C@H]12. The molecule has 0 aromatic heterocycles. The smallest absolute Gasteiger partial charge is 0.227 e. The predicted molar refractivity (Wildman–Crippen MR) is 91.2 cm³/mol. The lowest BCUT2D eigenvalue weighted by Gasteiger charge is -2.24. The summed E-state index contributed by atoms with van der Waals surface area (Å²) >= 11 is 0. The molecule has 4 heterocycles. The number of carbonyl (C=O) groups is 2. The van der Waals surface area contributed by atoms with Crippen molar-refractivity contribution in [2.45, 2.75) is 31.4 Å². The highest BCUT2D eigenvalue weighted by Crippen LogP contribution is 2.52. The van der Waals surface area contributed by atoms with Crippen molar-refractivity contribution in [3.63, 3.8) is 0 Å². The molecule has 5 aliphatic rings. The zero-order chi connectivity index (χ0) is 17.7. The fraction of sp³-hybridized carbons (Fsp3) is 0.895. The number of rotatable bonds is 4. The Kier molecular flexibility index (Phi) is 4.41. The molecule has 5 fully saturated rings. The fourth-order valence-electron chi connectivity index (χ4n) is 5.38. The van der Waals surface area contributed by atoms with Crippen molar-refractivity contribution >= 4 is 11.8 Å². The van der Waals surface area contributed by atoms with Crippen LogP contribution in [0.5, 0.6) is 0 Å². The van der Waals surface area contributed by atoms with Crippen LogP contribution in [-0.2, 0) is 23.8 Å². The Morgan fingerprint density at radius 2 is 1.77 bits per heavy atom. The van der Waals surface area contributed by atoms with Gasteiger partial charge in [0.25, 0.3) is 0 Å². The largest absolute Gasteiger partial charge is 0.381 e. The molecule has 6 atom stereocenters. The van der Waals surface area contributed by atoms with Gasteiger partial charge in [-0.3, -0.25) is 9.59 Å². The molecule has 1 unspecified atom stereocenters. The van der Waals surface area contributed by atoms with Gasteiger partial charge in [0.2, 0.25) is 11.8 Å². The summed E-state index contributed by atoms with van der Waals surface area (Å²) in [5.74, 6) is 1.47. The van der Waals surface area contributed by atoms with Gasteiger partial charge in [-0.25, -0.2) is 0 Å². The van der Waals surface area contributed by atoms with Gasteiger partial charge >= 0.3 is 0 Å². The van der Waals surface area contributed by atoms with Gasteiger partial charge in [-0.2, -0.15) is 0 Å². The molecule has 4 aliphatic heterocycles. The first-order valence-electron chi connectivity index (χ1n) is 10.1. The topological polar surface area (TPSA) is 77.1 Å². The van der Waals surface area contributed by atoms with Crippen LogP contribution in [0.1, 0.15) is 19.3 Å². The first-order chi connectivity index (χ1) is 12.7. The first-order valence-corrected chi connectivity index (χ1v) is 10.1. The summed E-state index contributed by atoms with van der Waals surface area (Å²) in [4.78, 5) is 27.8. The van der Waals surface area contributed by atoms with Crippen LogP contribution in [0.3, 0.4) is 0 Å². The molecule has 4 saturated heterocycles. The molecule has 0 radical (unpaired) electrons. The molecule has 1 N–H and O–H groups in total. The van der Waals surface area contributed by atoms with E-state index in [0.29, 0.717) is 50.7 Å².